The fourth-order valence-electron chi connectivity index (χ4n) is 3.61. The number of amides is 1. The normalized spacial score (nSPS) is 17.8. The van der Waals surface area contributed by atoms with Gasteiger partial charge in [-0.3, -0.25) is 4.79 Å². The number of benzene rings is 1. The minimum absolute atomic E-state index is 0.0379. The average molecular weight is 419 g/mol. The summed E-state index contributed by atoms with van der Waals surface area (Å²) in [5.41, 5.74) is 3.26. The summed E-state index contributed by atoms with van der Waals surface area (Å²) in [4.78, 5) is 26.2. The van der Waals surface area contributed by atoms with E-state index in [-0.39, 0.29) is 17.5 Å². The average Bonchev–Trinajstić information content (AvgIpc) is 3.19. The first kappa shape index (κ1) is 21.1. The standard InChI is InChI=1S/C21H26N2O5S/c1-15-11-19(16(2)23(15)12-17-7-5-4-6-8-17)21(25)28-13-20(24)22(3)18-9-10-29(26,27)14-18/h4-8,11,18H,9-10,12-14H2,1-3H3/t18-/m0/s1. The molecule has 1 aliphatic rings. The van der Waals surface area contributed by atoms with E-state index in [1.54, 1.807) is 13.1 Å². The maximum atomic E-state index is 12.5. The molecular weight excluding hydrogens is 392 g/mol. The van der Waals surface area contributed by atoms with Crippen molar-refractivity contribution in [2.75, 3.05) is 25.2 Å². The summed E-state index contributed by atoms with van der Waals surface area (Å²) in [6, 6.07) is 11.3. The van der Waals surface area contributed by atoms with Gasteiger partial charge in [0, 0.05) is 31.0 Å². The zero-order valence-corrected chi connectivity index (χ0v) is 17.7. The van der Waals surface area contributed by atoms with E-state index < -0.39 is 28.3 Å². The molecule has 1 saturated heterocycles. The predicted octanol–water partition coefficient (Wildman–Crippen LogP) is 1.96. The molecule has 1 aliphatic heterocycles. The van der Waals surface area contributed by atoms with Crippen molar-refractivity contribution in [1.29, 1.82) is 0 Å². The number of rotatable bonds is 6. The molecule has 0 aliphatic carbocycles. The Morgan fingerprint density at radius 2 is 1.90 bits per heavy atom. The lowest BCUT2D eigenvalue weighted by molar-refractivity contribution is -0.134. The summed E-state index contributed by atoms with van der Waals surface area (Å²) in [5, 5.41) is 0. The molecule has 1 atom stereocenters. The van der Waals surface area contributed by atoms with Gasteiger partial charge in [-0.1, -0.05) is 30.3 Å². The first-order chi connectivity index (χ1) is 13.7. The van der Waals surface area contributed by atoms with Crippen molar-refractivity contribution in [2.24, 2.45) is 0 Å². The second kappa shape index (κ2) is 8.41. The highest BCUT2D eigenvalue weighted by molar-refractivity contribution is 7.91. The number of ether oxygens (including phenoxy) is 1. The van der Waals surface area contributed by atoms with Crippen LogP contribution in [0.3, 0.4) is 0 Å². The van der Waals surface area contributed by atoms with Crippen molar-refractivity contribution in [3.05, 3.63) is 58.9 Å². The third-order valence-electron chi connectivity index (χ3n) is 5.45. The Kier molecular flexibility index (Phi) is 6.12. The topological polar surface area (TPSA) is 85.7 Å². The molecule has 2 heterocycles. The van der Waals surface area contributed by atoms with Crippen LogP contribution in [-0.4, -0.2) is 61.0 Å². The maximum Gasteiger partial charge on any atom is 0.340 e. The third kappa shape index (κ3) is 4.87. The number of hydrogen-bond donors (Lipinski definition) is 0. The van der Waals surface area contributed by atoms with Gasteiger partial charge in [-0.15, -0.1) is 0 Å². The lowest BCUT2D eigenvalue weighted by Crippen LogP contribution is -2.40. The van der Waals surface area contributed by atoms with Crippen LogP contribution in [0, 0.1) is 13.8 Å². The van der Waals surface area contributed by atoms with Gasteiger partial charge in [0.15, 0.2) is 16.4 Å². The first-order valence-corrected chi connectivity index (χ1v) is 11.3. The molecule has 29 heavy (non-hydrogen) atoms. The highest BCUT2D eigenvalue weighted by Crippen LogP contribution is 2.19. The van der Waals surface area contributed by atoms with E-state index in [1.807, 2.05) is 48.7 Å². The molecule has 0 saturated carbocycles. The van der Waals surface area contributed by atoms with Crippen molar-refractivity contribution in [3.8, 4) is 0 Å². The van der Waals surface area contributed by atoms with E-state index in [4.69, 9.17) is 4.74 Å². The van der Waals surface area contributed by atoms with Gasteiger partial charge in [-0.25, -0.2) is 13.2 Å². The van der Waals surface area contributed by atoms with Gasteiger partial charge in [0.25, 0.3) is 5.91 Å². The number of aryl methyl sites for hydroxylation is 1. The highest BCUT2D eigenvalue weighted by Gasteiger charge is 2.33. The molecule has 8 heteroatoms. The molecule has 2 aromatic rings. The number of sulfone groups is 1. The minimum Gasteiger partial charge on any atom is -0.452 e. The van der Waals surface area contributed by atoms with Crippen LogP contribution in [0.4, 0.5) is 0 Å². The van der Waals surface area contributed by atoms with Gasteiger partial charge in [0.2, 0.25) is 0 Å². The molecule has 1 fully saturated rings. The fraction of sp³-hybridized carbons (Fsp3) is 0.429. The number of hydrogen-bond acceptors (Lipinski definition) is 5. The van der Waals surface area contributed by atoms with Crippen molar-refractivity contribution in [1.82, 2.24) is 9.47 Å². The molecular formula is C21H26N2O5S. The Balaban J connectivity index is 1.62. The smallest absolute Gasteiger partial charge is 0.340 e. The van der Waals surface area contributed by atoms with Gasteiger partial charge in [-0.2, -0.15) is 0 Å². The Bertz CT molecular complexity index is 1010. The van der Waals surface area contributed by atoms with Crippen molar-refractivity contribution in [3.63, 3.8) is 0 Å². The van der Waals surface area contributed by atoms with Crippen LogP contribution in [0.1, 0.15) is 33.7 Å². The van der Waals surface area contributed by atoms with E-state index in [9.17, 15) is 18.0 Å². The summed E-state index contributed by atoms with van der Waals surface area (Å²) in [7, 11) is -1.54. The SMILES string of the molecule is Cc1cc(C(=O)OCC(=O)N(C)[C@H]2CCS(=O)(=O)C2)c(C)n1Cc1ccccc1. The number of esters is 1. The number of carbonyl (C=O) groups excluding carboxylic acids is 2. The Morgan fingerprint density at radius 3 is 2.52 bits per heavy atom. The fourth-order valence-corrected chi connectivity index (χ4v) is 5.38. The van der Waals surface area contributed by atoms with Gasteiger partial charge in [0.05, 0.1) is 17.1 Å². The zero-order valence-electron chi connectivity index (χ0n) is 16.9. The molecule has 0 radical (unpaired) electrons. The van der Waals surface area contributed by atoms with Gasteiger partial charge < -0.3 is 14.2 Å². The number of aromatic nitrogens is 1. The lowest BCUT2D eigenvalue weighted by atomic mass is 10.2. The Hall–Kier alpha value is -2.61. The zero-order chi connectivity index (χ0) is 21.2. The largest absolute Gasteiger partial charge is 0.452 e. The van der Waals surface area contributed by atoms with Crippen molar-refractivity contribution in [2.45, 2.75) is 32.9 Å². The van der Waals surface area contributed by atoms with Crippen LogP contribution in [0.15, 0.2) is 36.4 Å². The first-order valence-electron chi connectivity index (χ1n) is 9.52. The Labute approximate surface area is 171 Å². The molecule has 3 rings (SSSR count). The van der Waals surface area contributed by atoms with Crippen LogP contribution in [-0.2, 0) is 25.9 Å². The molecule has 0 bridgehead atoms. The van der Waals surface area contributed by atoms with Crippen LogP contribution in [0.25, 0.3) is 0 Å². The second-order valence-corrected chi connectivity index (χ2v) is 9.72. The van der Waals surface area contributed by atoms with E-state index in [2.05, 4.69) is 0 Å². The molecule has 0 N–H and O–H groups in total. The van der Waals surface area contributed by atoms with E-state index in [1.165, 1.54) is 4.90 Å². The molecule has 0 spiro atoms. The van der Waals surface area contributed by atoms with Crippen LogP contribution in [0.2, 0.25) is 0 Å². The molecule has 7 nitrogen and oxygen atoms in total. The second-order valence-electron chi connectivity index (χ2n) is 7.49. The summed E-state index contributed by atoms with van der Waals surface area (Å²) in [5.74, 6) is -0.913. The Morgan fingerprint density at radius 1 is 1.21 bits per heavy atom. The van der Waals surface area contributed by atoms with Gasteiger partial charge in [-0.05, 0) is 31.9 Å². The van der Waals surface area contributed by atoms with Crippen LogP contribution in [0.5, 0.6) is 0 Å². The summed E-state index contributed by atoms with van der Waals surface area (Å²) in [6.07, 6.45) is 0.416. The molecule has 1 amide bonds. The van der Waals surface area contributed by atoms with E-state index in [0.717, 1.165) is 17.0 Å². The molecule has 1 aromatic carbocycles. The predicted molar refractivity (Wildman–Crippen MR) is 110 cm³/mol. The van der Waals surface area contributed by atoms with Gasteiger partial charge in [0.1, 0.15) is 0 Å². The van der Waals surface area contributed by atoms with Gasteiger partial charge >= 0.3 is 5.97 Å². The molecule has 1 aromatic heterocycles. The third-order valence-corrected chi connectivity index (χ3v) is 7.20. The summed E-state index contributed by atoms with van der Waals surface area (Å²) >= 11 is 0. The number of carbonyl (C=O) groups is 2. The van der Waals surface area contributed by atoms with Crippen LogP contribution < -0.4 is 0 Å². The quantitative estimate of drug-likeness (QED) is 0.670. The van der Waals surface area contributed by atoms with Crippen molar-refractivity contribution >= 4 is 21.7 Å². The van der Waals surface area contributed by atoms with E-state index in [0.29, 0.717) is 18.5 Å². The lowest BCUT2D eigenvalue weighted by Gasteiger charge is -2.23. The molecule has 0 unspecified atom stereocenters. The molecule has 156 valence electrons. The monoisotopic (exact) mass is 418 g/mol. The highest BCUT2D eigenvalue weighted by atomic mass is 32.2. The van der Waals surface area contributed by atoms with Crippen LogP contribution >= 0.6 is 0 Å². The maximum absolute atomic E-state index is 12.5. The summed E-state index contributed by atoms with van der Waals surface area (Å²) < 4.78 is 30.5. The van der Waals surface area contributed by atoms with E-state index >= 15 is 0 Å². The van der Waals surface area contributed by atoms with Crippen molar-refractivity contribution < 1.29 is 22.7 Å². The number of likely N-dealkylation sites (N-methyl/N-ethyl adjacent to an activating group) is 1. The minimum atomic E-state index is -3.09. The number of nitrogens with zero attached hydrogens (tertiary/aromatic N) is 2. The summed E-state index contributed by atoms with van der Waals surface area (Å²) in [6.45, 7) is 4.01.